The molecule has 0 saturated carbocycles. The largest absolute Gasteiger partial charge is 0.347 e. The fourth-order valence-corrected chi connectivity index (χ4v) is 3.67. The van der Waals surface area contributed by atoms with Crippen LogP contribution in [0.25, 0.3) is 0 Å². The van der Waals surface area contributed by atoms with Gasteiger partial charge in [0.2, 0.25) is 16.0 Å². The van der Waals surface area contributed by atoms with Crippen LogP contribution in [0.5, 0.6) is 0 Å². The van der Waals surface area contributed by atoms with Crippen LogP contribution in [0.15, 0.2) is 54.6 Å². The van der Waals surface area contributed by atoms with Gasteiger partial charge in [0.1, 0.15) is 5.82 Å². The average Bonchev–Trinajstić information content (AvgIpc) is 3.02. The number of hydrogen-bond donors (Lipinski definition) is 2. The number of halogens is 1. The summed E-state index contributed by atoms with van der Waals surface area (Å²) in [4.78, 5) is 4.28. The topological polar surface area (TPSA) is 88.9 Å². The Morgan fingerprint density at radius 1 is 1.11 bits per heavy atom. The van der Waals surface area contributed by atoms with E-state index in [0.717, 1.165) is 17.4 Å². The van der Waals surface area contributed by atoms with Crippen LogP contribution < -0.4 is 10.0 Å². The summed E-state index contributed by atoms with van der Waals surface area (Å²) in [5.74, 6) is 0.141. The number of hydrogen-bond acceptors (Lipinski definition) is 5. The van der Waals surface area contributed by atoms with Crippen molar-refractivity contribution in [3.05, 3.63) is 71.5 Å². The summed E-state index contributed by atoms with van der Waals surface area (Å²) in [6.45, 7) is 0. The number of anilines is 2. The molecule has 0 spiro atoms. The van der Waals surface area contributed by atoms with Gasteiger partial charge in [0.05, 0.1) is 18.3 Å². The third kappa shape index (κ3) is 3.77. The highest BCUT2D eigenvalue weighted by atomic mass is 32.2. The first-order chi connectivity index (χ1) is 12.9. The molecule has 0 amide bonds. The second kappa shape index (κ2) is 6.66. The molecule has 0 aliphatic carbocycles. The summed E-state index contributed by atoms with van der Waals surface area (Å²) in [5, 5.41) is 7.61. The molecule has 1 aliphatic heterocycles. The summed E-state index contributed by atoms with van der Waals surface area (Å²) in [6.07, 6.45) is 1.70. The van der Waals surface area contributed by atoms with E-state index in [1.54, 1.807) is 16.8 Å². The van der Waals surface area contributed by atoms with Gasteiger partial charge in [0.15, 0.2) is 0 Å². The van der Waals surface area contributed by atoms with Gasteiger partial charge in [0.25, 0.3) is 5.95 Å². The maximum atomic E-state index is 13.4. The van der Waals surface area contributed by atoms with Crippen LogP contribution in [0.2, 0.25) is 0 Å². The molecule has 140 valence electrons. The molecule has 2 heterocycles. The van der Waals surface area contributed by atoms with Crippen LogP contribution in [0.4, 0.5) is 16.3 Å². The molecule has 0 saturated heterocycles. The SMILES string of the molecule is CS(=O)(=O)Nc1nc2n(n1)[C@@H](c1ccc(F)cc1)C[C@H](c1ccccc1)N2. The minimum absolute atomic E-state index is 0.000762. The van der Waals surface area contributed by atoms with Crippen molar-refractivity contribution in [1.29, 1.82) is 0 Å². The Labute approximate surface area is 156 Å². The molecular formula is C18H18FN5O2S. The quantitative estimate of drug-likeness (QED) is 0.719. The first kappa shape index (κ1) is 17.5. The van der Waals surface area contributed by atoms with Crippen molar-refractivity contribution >= 4 is 21.9 Å². The number of aromatic nitrogens is 3. The van der Waals surface area contributed by atoms with Crippen molar-refractivity contribution in [2.24, 2.45) is 0 Å². The van der Waals surface area contributed by atoms with E-state index in [4.69, 9.17) is 0 Å². The van der Waals surface area contributed by atoms with Gasteiger partial charge < -0.3 is 5.32 Å². The fourth-order valence-electron chi connectivity index (χ4n) is 3.25. The summed E-state index contributed by atoms with van der Waals surface area (Å²) in [7, 11) is -3.50. The zero-order valence-electron chi connectivity index (χ0n) is 14.5. The van der Waals surface area contributed by atoms with Gasteiger partial charge in [-0.15, -0.1) is 5.10 Å². The lowest BCUT2D eigenvalue weighted by Gasteiger charge is -2.31. The lowest BCUT2D eigenvalue weighted by Crippen LogP contribution is -2.28. The predicted octanol–water partition coefficient (Wildman–Crippen LogP) is 2.94. The lowest BCUT2D eigenvalue weighted by molar-refractivity contribution is 0.431. The third-order valence-corrected chi connectivity index (χ3v) is 4.98. The Morgan fingerprint density at radius 2 is 1.81 bits per heavy atom. The summed E-state index contributed by atoms with van der Waals surface area (Å²) < 4.78 is 40.4. The number of fused-ring (bicyclic) bond motifs is 1. The number of nitrogens with one attached hydrogen (secondary N) is 2. The van der Waals surface area contributed by atoms with Crippen LogP contribution in [-0.2, 0) is 10.0 Å². The Morgan fingerprint density at radius 3 is 2.48 bits per heavy atom. The van der Waals surface area contributed by atoms with Gasteiger partial charge in [-0.25, -0.2) is 17.5 Å². The first-order valence-corrected chi connectivity index (χ1v) is 10.3. The molecule has 1 aliphatic rings. The average molecular weight is 387 g/mol. The number of sulfonamides is 1. The van der Waals surface area contributed by atoms with E-state index in [-0.39, 0.29) is 23.8 Å². The molecule has 3 aromatic rings. The van der Waals surface area contributed by atoms with Crippen molar-refractivity contribution < 1.29 is 12.8 Å². The maximum absolute atomic E-state index is 13.4. The van der Waals surface area contributed by atoms with E-state index in [1.165, 1.54) is 12.1 Å². The van der Waals surface area contributed by atoms with Crippen molar-refractivity contribution in [1.82, 2.24) is 14.8 Å². The van der Waals surface area contributed by atoms with Gasteiger partial charge >= 0.3 is 0 Å². The van der Waals surface area contributed by atoms with Crippen molar-refractivity contribution in [3.8, 4) is 0 Å². The monoisotopic (exact) mass is 387 g/mol. The minimum atomic E-state index is -3.50. The molecule has 0 unspecified atom stereocenters. The lowest BCUT2D eigenvalue weighted by atomic mass is 9.93. The molecule has 9 heteroatoms. The van der Waals surface area contributed by atoms with Crippen LogP contribution in [-0.4, -0.2) is 29.4 Å². The molecule has 27 heavy (non-hydrogen) atoms. The summed E-state index contributed by atoms with van der Waals surface area (Å²) in [6, 6.07) is 15.9. The Bertz CT molecular complexity index is 1050. The zero-order valence-corrected chi connectivity index (χ0v) is 15.3. The van der Waals surface area contributed by atoms with E-state index in [0.29, 0.717) is 12.4 Å². The second-order valence-corrected chi connectivity index (χ2v) is 8.24. The molecule has 2 atom stereocenters. The van der Waals surface area contributed by atoms with E-state index >= 15 is 0 Å². The number of benzene rings is 2. The van der Waals surface area contributed by atoms with Gasteiger partial charge in [-0.3, -0.25) is 4.72 Å². The molecule has 0 radical (unpaired) electrons. The highest BCUT2D eigenvalue weighted by molar-refractivity contribution is 7.91. The highest BCUT2D eigenvalue weighted by Crippen LogP contribution is 2.38. The predicted molar refractivity (Wildman–Crippen MR) is 100 cm³/mol. The smallest absolute Gasteiger partial charge is 0.257 e. The fraction of sp³-hybridized carbons (Fsp3) is 0.222. The summed E-state index contributed by atoms with van der Waals surface area (Å²) in [5.41, 5.74) is 1.95. The van der Waals surface area contributed by atoms with Crippen LogP contribution in [0, 0.1) is 5.82 Å². The van der Waals surface area contributed by atoms with Gasteiger partial charge in [-0.05, 0) is 29.7 Å². The highest BCUT2D eigenvalue weighted by Gasteiger charge is 2.31. The first-order valence-electron chi connectivity index (χ1n) is 8.40. The number of nitrogens with zero attached hydrogens (tertiary/aromatic N) is 3. The Kier molecular flexibility index (Phi) is 4.31. The molecule has 7 nitrogen and oxygen atoms in total. The van der Waals surface area contributed by atoms with Crippen molar-refractivity contribution in [2.45, 2.75) is 18.5 Å². The van der Waals surface area contributed by atoms with Crippen molar-refractivity contribution in [3.63, 3.8) is 0 Å². The Hall–Kier alpha value is -2.94. The van der Waals surface area contributed by atoms with Gasteiger partial charge in [0, 0.05) is 0 Å². The summed E-state index contributed by atoms with van der Waals surface area (Å²) >= 11 is 0. The van der Waals surface area contributed by atoms with E-state index in [9.17, 15) is 12.8 Å². The molecule has 1 aromatic heterocycles. The standard InChI is InChI=1S/C18H18FN5O2S/c1-27(25,26)23-17-21-18-20-15(12-5-3-2-4-6-12)11-16(24(18)22-17)13-7-9-14(19)10-8-13/h2-10,15-16H,11H2,1H3,(H2,20,21,22,23)/t15-,16-/m1/s1. The van der Waals surface area contributed by atoms with Gasteiger partial charge in [-0.2, -0.15) is 4.98 Å². The molecule has 2 aromatic carbocycles. The molecular weight excluding hydrogens is 369 g/mol. The normalized spacial score (nSPS) is 19.2. The second-order valence-electron chi connectivity index (χ2n) is 6.49. The van der Waals surface area contributed by atoms with Gasteiger partial charge in [-0.1, -0.05) is 42.5 Å². The van der Waals surface area contributed by atoms with E-state index in [1.807, 2.05) is 30.3 Å². The number of rotatable bonds is 4. The molecule has 2 N–H and O–H groups in total. The maximum Gasteiger partial charge on any atom is 0.257 e. The van der Waals surface area contributed by atoms with E-state index < -0.39 is 10.0 Å². The van der Waals surface area contributed by atoms with Crippen LogP contribution in [0.1, 0.15) is 29.6 Å². The molecule has 0 bridgehead atoms. The van der Waals surface area contributed by atoms with E-state index in [2.05, 4.69) is 20.1 Å². The van der Waals surface area contributed by atoms with Crippen molar-refractivity contribution in [2.75, 3.05) is 16.3 Å². The molecule has 4 rings (SSSR count). The molecule has 0 fully saturated rings. The minimum Gasteiger partial charge on any atom is -0.347 e. The third-order valence-electron chi connectivity index (χ3n) is 4.42. The zero-order chi connectivity index (χ0) is 19.0. The Balaban J connectivity index is 1.76. The van der Waals surface area contributed by atoms with Crippen LogP contribution >= 0.6 is 0 Å². The van der Waals surface area contributed by atoms with Crippen LogP contribution in [0.3, 0.4) is 0 Å².